The molecular formula is C21H28N2O4. The number of anilines is 1. The SMILES string of the molecule is CCCCCOc1ccccc1C(=O)NC(CO)C(O)c1ccc(N)cc1. The molecule has 1 amide bonds. The lowest BCUT2D eigenvalue weighted by molar-refractivity contribution is 0.0700. The van der Waals surface area contributed by atoms with E-state index in [9.17, 15) is 15.0 Å². The van der Waals surface area contributed by atoms with Gasteiger partial charge in [0.05, 0.1) is 24.8 Å². The number of para-hydroxylation sites is 1. The van der Waals surface area contributed by atoms with E-state index in [0.29, 0.717) is 29.2 Å². The maximum atomic E-state index is 12.7. The second-order valence-corrected chi connectivity index (χ2v) is 6.43. The van der Waals surface area contributed by atoms with E-state index < -0.39 is 24.7 Å². The molecule has 27 heavy (non-hydrogen) atoms. The predicted molar refractivity (Wildman–Crippen MR) is 106 cm³/mol. The van der Waals surface area contributed by atoms with E-state index >= 15 is 0 Å². The standard InChI is InChI=1S/C21H28N2O4/c1-2-3-6-13-27-19-8-5-4-7-17(19)21(26)23-18(14-24)20(25)15-9-11-16(22)12-10-15/h4-5,7-12,18,20,24-25H,2-3,6,13-14,22H2,1H3,(H,23,26). The van der Waals surface area contributed by atoms with Gasteiger partial charge in [0.1, 0.15) is 11.9 Å². The summed E-state index contributed by atoms with van der Waals surface area (Å²) >= 11 is 0. The molecule has 0 saturated carbocycles. The maximum Gasteiger partial charge on any atom is 0.255 e. The van der Waals surface area contributed by atoms with Crippen molar-refractivity contribution >= 4 is 11.6 Å². The van der Waals surface area contributed by atoms with Crippen LogP contribution in [0, 0.1) is 0 Å². The summed E-state index contributed by atoms with van der Waals surface area (Å²) in [5.41, 5.74) is 7.16. The van der Waals surface area contributed by atoms with Crippen molar-refractivity contribution in [1.82, 2.24) is 5.32 Å². The van der Waals surface area contributed by atoms with E-state index in [-0.39, 0.29) is 0 Å². The molecule has 0 bridgehead atoms. The number of nitrogens with two attached hydrogens (primary N) is 1. The van der Waals surface area contributed by atoms with Crippen molar-refractivity contribution in [2.75, 3.05) is 18.9 Å². The largest absolute Gasteiger partial charge is 0.493 e. The van der Waals surface area contributed by atoms with Crippen molar-refractivity contribution in [2.45, 2.75) is 38.3 Å². The Kier molecular flexibility index (Phi) is 8.10. The van der Waals surface area contributed by atoms with Crippen molar-refractivity contribution in [2.24, 2.45) is 0 Å². The van der Waals surface area contributed by atoms with Gasteiger partial charge in [-0.15, -0.1) is 0 Å². The lowest BCUT2D eigenvalue weighted by Crippen LogP contribution is -2.42. The van der Waals surface area contributed by atoms with E-state index in [0.717, 1.165) is 19.3 Å². The Balaban J connectivity index is 2.06. The number of rotatable bonds is 10. The average molecular weight is 372 g/mol. The van der Waals surface area contributed by atoms with Gasteiger partial charge in [-0.2, -0.15) is 0 Å². The Hall–Kier alpha value is -2.57. The monoisotopic (exact) mass is 372 g/mol. The topological polar surface area (TPSA) is 105 Å². The summed E-state index contributed by atoms with van der Waals surface area (Å²) in [5, 5.41) is 22.8. The molecule has 0 aliphatic rings. The molecule has 2 aromatic carbocycles. The lowest BCUT2D eigenvalue weighted by Gasteiger charge is -2.23. The predicted octanol–water partition coefficient (Wildman–Crippen LogP) is 2.66. The van der Waals surface area contributed by atoms with Crippen molar-refractivity contribution in [3.63, 3.8) is 0 Å². The van der Waals surface area contributed by atoms with Crippen LogP contribution >= 0.6 is 0 Å². The number of hydrogen-bond donors (Lipinski definition) is 4. The van der Waals surface area contributed by atoms with Gasteiger partial charge in [0, 0.05) is 5.69 Å². The van der Waals surface area contributed by atoms with Gasteiger partial charge in [0.25, 0.3) is 5.91 Å². The highest BCUT2D eigenvalue weighted by molar-refractivity contribution is 5.97. The number of aliphatic hydroxyl groups is 2. The molecule has 0 heterocycles. The van der Waals surface area contributed by atoms with Crippen LogP contribution in [0.1, 0.15) is 48.2 Å². The number of ether oxygens (including phenoxy) is 1. The van der Waals surface area contributed by atoms with Gasteiger partial charge in [-0.1, -0.05) is 44.0 Å². The van der Waals surface area contributed by atoms with Crippen molar-refractivity contribution in [1.29, 1.82) is 0 Å². The summed E-state index contributed by atoms with van der Waals surface area (Å²) in [6, 6.07) is 12.8. The number of amides is 1. The molecule has 2 aromatic rings. The van der Waals surface area contributed by atoms with E-state index in [2.05, 4.69) is 12.2 Å². The highest BCUT2D eigenvalue weighted by Gasteiger charge is 2.24. The molecule has 0 aliphatic heterocycles. The minimum Gasteiger partial charge on any atom is -0.493 e. The van der Waals surface area contributed by atoms with Crippen molar-refractivity contribution in [3.05, 3.63) is 59.7 Å². The summed E-state index contributed by atoms with van der Waals surface area (Å²) in [7, 11) is 0. The van der Waals surface area contributed by atoms with E-state index in [1.54, 1.807) is 48.5 Å². The number of nitrogen functional groups attached to an aromatic ring is 1. The van der Waals surface area contributed by atoms with E-state index in [1.165, 1.54) is 0 Å². The molecule has 0 aliphatic carbocycles. The molecule has 0 aromatic heterocycles. The molecule has 2 atom stereocenters. The summed E-state index contributed by atoms with van der Waals surface area (Å²) in [6.07, 6.45) is 2.01. The molecule has 0 saturated heterocycles. The zero-order chi connectivity index (χ0) is 19.6. The van der Waals surface area contributed by atoms with Crippen LogP contribution in [0.15, 0.2) is 48.5 Å². The van der Waals surface area contributed by atoms with Gasteiger partial charge in [-0.05, 0) is 36.2 Å². The molecule has 5 N–H and O–H groups in total. The zero-order valence-electron chi connectivity index (χ0n) is 15.6. The number of carbonyl (C=O) groups excluding carboxylic acids is 1. The van der Waals surface area contributed by atoms with E-state index in [4.69, 9.17) is 10.5 Å². The van der Waals surface area contributed by atoms with Gasteiger partial charge in [-0.25, -0.2) is 0 Å². The van der Waals surface area contributed by atoms with Gasteiger partial charge in [0.15, 0.2) is 0 Å². The zero-order valence-corrected chi connectivity index (χ0v) is 15.6. The number of aliphatic hydroxyl groups excluding tert-OH is 2. The number of unbranched alkanes of at least 4 members (excludes halogenated alkanes) is 2. The van der Waals surface area contributed by atoms with Crippen LogP contribution in [0.4, 0.5) is 5.69 Å². The Morgan fingerprint density at radius 1 is 1.15 bits per heavy atom. The molecule has 0 spiro atoms. The van der Waals surface area contributed by atoms with Crippen molar-refractivity contribution < 1.29 is 19.7 Å². The Morgan fingerprint density at radius 3 is 2.52 bits per heavy atom. The van der Waals surface area contributed by atoms with Crippen LogP contribution in [-0.4, -0.2) is 35.4 Å². The summed E-state index contributed by atoms with van der Waals surface area (Å²) in [5.74, 6) is 0.0828. The summed E-state index contributed by atoms with van der Waals surface area (Å²) < 4.78 is 5.73. The fourth-order valence-electron chi connectivity index (χ4n) is 2.71. The highest BCUT2D eigenvalue weighted by atomic mass is 16.5. The minimum absolute atomic E-state index is 0.372. The number of benzene rings is 2. The van der Waals surface area contributed by atoms with Crippen LogP contribution in [0.5, 0.6) is 5.75 Å². The normalized spacial score (nSPS) is 13.0. The molecule has 6 nitrogen and oxygen atoms in total. The second-order valence-electron chi connectivity index (χ2n) is 6.43. The highest BCUT2D eigenvalue weighted by Crippen LogP contribution is 2.21. The molecular weight excluding hydrogens is 344 g/mol. The Labute approximate surface area is 160 Å². The van der Waals surface area contributed by atoms with E-state index in [1.807, 2.05) is 0 Å². The number of hydrogen-bond acceptors (Lipinski definition) is 5. The molecule has 0 fully saturated rings. The van der Waals surface area contributed by atoms with Gasteiger partial charge >= 0.3 is 0 Å². The number of carbonyl (C=O) groups is 1. The molecule has 146 valence electrons. The van der Waals surface area contributed by atoms with Crippen LogP contribution < -0.4 is 15.8 Å². The number of nitrogens with one attached hydrogen (secondary N) is 1. The van der Waals surface area contributed by atoms with Crippen LogP contribution in [-0.2, 0) is 0 Å². The third kappa shape index (κ3) is 5.98. The maximum absolute atomic E-state index is 12.7. The smallest absolute Gasteiger partial charge is 0.255 e. The molecule has 6 heteroatoms. The lowest BCUT2D eigenvalue weighted by atomic mass is 10.0. The molecule has 2 unspecified atom stereocenters. The first-order valence-corrected chi connectivity index (χ1v) is 9.23. The Morgan fingerprint density at radius 2 is 1.85 bits per heavy atom. The fourth-order valence-corrected chi connectivity index (χ4v) is 2.71. The van der Waals surface area contributed by atoms with Gasteiger partial charge in [-0.3, -0.25) is 4.79 Å². The summed E-state index contributed by atoms with van der Waals surface area (Å²) in [6.45, 7) is 2.25. The van der Waals surface area contributed by atoms with Gasteiger partial charge < -0.3 is 26.0 Å². The fraction of sp³-hybridized carbons (Fsp3) is 0.381. The Bertz CT molecular complexity index is 718. The average Bonchev–Trinajstić information content (AvgIpc) is 2.69. The third-order valence-electron chi connectivity index (χ3n) is 4.31. The van der Waals surface area contributed by atoms with Crippen LogP contribution in [0.3, 0.4) is 0 Å². The summed E-state index contributed by atoms with van der Waals surface area (Å²) in [4.78, 5) is 12.7. The molecule has 0 radical (unpaired) electrons. The first kappa shape index (κ1) is 20.7. The molecule has 2 rings (SSSR count). The minimum atomic E-state index is -1.06. The first-order valence-electron chi connectivity index (χ1n) is 9.23. The quantitative estimate of drug-likeness (QED) is 0.379. The second kappa shape index (κ2) is 10.5. The van der Waals surface area contributed by atoms with Crippen LogP contribution in [0.25, 0.3) is 0 Å². The van der Waals surface area contributed by atoms with Crippen LogP contribution in [0.2, 0.25) is 0 Å². The first-order chi connectivity index (χ1) is 13.1. The third-order valence-corrected chi connectivity index (χ3v) is 4.31. The van der Waals surface area contributed by atoms with Crippen molar-refractivity contribution in [3.8, 4) is 5.75 Å². The van der Waals surface area contributed by atoms with Gasteiger partial charge in [0.2, 0.25) is 0 Å².